The van der Waals surface area contributed by atoms with Crippen LogP contribution in [0.15, 0.2) is 24.3 Å². The van der Waals surface area contributed by atoms with Gasteiger partial charge in [0.25, 0.3) is 0 Å². The van der Waals surface area contributed by atoms with E-state index in [1.54, 1.807) is 12.1 Å². The summed E-state index contributed by atoms with van der Waals surface area (Å²) in [7, 11) is 0. The number of phenols is 1. The number of hydrogen-bond donors (Lipinski definition) is 2. The summed E-state index contributed by atoms with van der Waals surface area (Å²) in [6.45, 7) is 5.96. The molecule has 1 aromatic rings. The molecule has 1 aromatic carbocycles. The summed E-state index contributed by atoms with van der Waals surface area (Å²) < 4.78 is 0. The lowest BCUT2D eigenvalue weighted by atomic mass is 9.97. The fraction of sp³-hybridized carbons (Fsp3) is 0.588. The number of benzene rings is 1. The van der Waals surface area contributed by atoms with E-state index in [0.29, 0.717) is 12.3 Å². The zero-order valence-electron chi connectivity index (χ0n) is 12.8. The Hall–Kier alpha value is -1.55. The lowest BCUT2D eigenvalue weighted by molar-refractivity contribution is -0.131. The Kier molecular flexibility index (Phi) is 6.05. The topological polar surface area (TPSA) is 52.6 Å². The maximum Gasteiger partial charge on any atom is 0.226 e. The zero-order valence-corrected chi connectivity index (χ0v) is 12.8. The van der Waals surface area contributed by atoms with Crippen molar-refractivity contribution in [1.82, 2.24) is 10.2 Å². The molecule has 0 unspecified atom stereocenters. The first-order valence-electron chi connectivity index (χ1n) is 7.95. The minimum absolute atomic E-state index is 0.195. The molecule has 21 heavy (non-hydrogen) atoms. The van der Waals surface area contributed by atoms with Crippen LogP contribution in [0.4, 0.5) is 0 Å². The second-order valence-corrected chi connectivity index (χ2v) is 5.88. The van der Waals surface area contributed by atoms with Crippen LogP contribution in [-0.2, 0) is 11.2 Å². The fourth-order valence-corrected chi connectivity index (χ4v) is 2.86. The van der Waals surface area contributed by atoms with Crippen molar-refractivity contribution in [3.05, 3.63) is 29.8 Å². The van der Waals surface area contributed by atoms with Crippen molar-refractivity contribution in [3.8, 4) is 5.75 Å². The third-order valence-electron chi connectivity index (χ3n) is 4.08. The summed E-state index contributed by atoms with van der Waals surface area (Å²) in [6, 6.07) is 6.92. The quantitative estimate of drug-likeness (QED) is 0.844. The standard InChI is InChI=1S/C17H26N2O2/c1-2-11-19(13-15-7-9-18-10-8-15)17(21)12-14-3-5-16(20)6-4-14/h3-6,15,18,20H,2,7-13H2,1H3. The first-order valence-corrected chi connectivity index (χ1v) is 7.95. The number of amides is 1. The normalized spacial score (nSPS) is 15.9. The van der Waals surface area contributed by atoms with E-state index in [1.807, 2.05) is 17.0 Å². The van der Waals surface area contributed by atoms with Gasteiger partial charge in [-0.15, -0.1) is 0 Å². The van der Waals surface area contributed by atoms with Crippen molar-refractivity contribution in [2.24, 2.45) is 5.92 Å². The van der Waals surface area contributed by atoms with Gasteiger partial charge in [0.1, 0.15) is 5.75 Å². The highest BCUT2D eigenvalue weighted by atomic mass is 16.3. The molecule has 1 saturated heterocycles. The van der Waals surface area contributed by atoms with Crippen LogP contribution in [0, 0.1) is 5.92 Å². The van der Waals surface area contributed by atoms with Crippen LogP contribution in [0.3, 0.4) is 0 Å². The van der Waals surface area contributed by atoms with Crippen LogP contribution in [0.1, 0.15) is 31.7 Å². The molecule has 2 N–H and O–H groups in total. The van der Waals surface area contributed by atoms with E-state index < -0.39 is 0 Å². The Morgan fingerprint density at radius 3 is 2.57 bits per heavy atom. The van der Waals surface area contributed by atoms with E-state index in [9.17, 15) is 9.90 Å². The molecule has 0 saturated carbocycles. The fourth-order valence-electron chi connectivity index (χ4n) is 2.86. The molecule has 0 aromatic heterocycles. The van der Waals surface area contributed by atoms with Gasteiger partial charge in [-0.3, -0.25) is 4.79 Å². The van der Waals surface area contributed by atoms with Gasteiger partial charge < -0.3 is 15.3 Å². The van der Waals surface area contributed by atoms with Crippen molar-refractivity contribution in [1.29, 1.82) is 0 Å². The van der Waals surface area contributed by atoms with Crippen molar-refractivity contribution in [3.63, 3.8) is 0 Å². The van der Waals surface area contributed by atoms with E-state index in [4.69, 9.17) is 0 Å². The average molecular weight is 290 g/mol. The van der Waals surface area contributed by atoms with Crippen molar-refractivity contribution >= 4 is 5.91 Å². The highest BCUT2D eigenvalue weighted by molar-refractivity contribution is 5.78. The average Bonchev–Trinajstić information content (AvgIpc) is 2.50. The molecule has 1 aliphatic rings. The molecule has 1 aliphatic heterocycles. The summed E-state index contributed by atoms with van der Waals surface area (Å²) in [5.41, 5.74) is 0.962. The number of phenolic OH excluding ortho intramolecular Hbond substituents is 1. The second-order valence-electron chi connectivity index (χ2n) is 5.88. The van der Waals surface area contributed by atoms with Gasteiger partial charge in [0.15, 0.2) is 0 Å². The Bertz CT molecular complexity index is 439. The molecule has 4 nitrogen and oxygen atoms in total. The number of hydrogen-bond acceptors (Lipinski definition) is 3. The highest BCUT2D eigenvalue weighted by Crippen LogP contribution is 2.16. The summed E-state index contributed by atoms with van der Waals surface area (Å²) in [4.78, 5) is 14.5. The maximum absolute atomic E-state index is 12.5. The first-order chi connectivity index (χ1) is 10.2. The predicted octanol–water partition coefficient (Wildman–Crippen LogP) is 2.17. The predicted molar refractivity (Wildman–Crippen MR) is 84.3 cm³/mol. The van der Waals surface area contributed by atoms with Crippen molar-refractivity contribution < 1.29 is 9.90 Å². The molecule has 0 atom stereocenters. The van der Waals surface area contributed by atoms with Crippen LogP contribution in [0.2, 0.25) is 0 Å². The SMILES string of the molecule is CCCN(CC1CCNCC1)C(=O)Cc1ccc(O)cc1. The molecule has 0 aliphatic carbocycles. The molecule has 4 heteroatoms. The number of carbonyl (C=O) groups is 1. The largest absolute Gasteiger partial charge is 0.508 e. The number of nitrogens with one attached hydrogen (secondary N) is 1. The van der Waals surface area contributed by atoms with E-state index >= 15 is 0 Å². The number of piperidine rings is 1. The lowest BCUT2D eigenvalue weighted by Crippen LogP contribution is -2.40. The Labute approximate surface area is 127 Å². The summed E-state index contributed by atoms with van der Waals surface area (Å²) >= 11 is 0. The molecular formula is C17H26N2O2. The van der Waals surface area contributed by atoms with E-state index in [0.717, 1.165) is 51.0 Å². The minimum atomic E-state index is 0.195. The Morgan fingerprint density at radius 1 is 1.29 bits per heavy atom. The minimum Gasteiger partial charge on any atom is -0.508 e. The first kappa shape index (κ1) is 15.8. The molecule has 0 spiro atoms. The highest BCUT2D eigenvalue weighted by Gasteiger charge is 2.20. The number of carbonyl (C=O) groups excluding carboxylic acids is 1. The van der Waals surface area contributed by atoms with Crippen LogP contribution in [0.25, 0.3) is 0 Å². The van der Waals surface area contributed by atoms with Gasteiger partial charge in [-0.1, -0.05) is 19.1 Å². The van der Waals surface area contributed by atoms with E-state index in [2.05, 4.69) is 12.2 Å². The molecule has 2 rings (SSSR count). The summed E-state index contributed by atoms with van der Waals surface area (Å²) in [5.74, 6) is 1.06. The van der Waals surface area contributed by atoms with Crippen LogP contribution in [-0.4, -0.2) is 42.1 Å². The van der Waals surface area contributed by atoms with Gasteiger partial charge in [-0.05, 0) is 56.0 Å². The summed E-state index contributed by atoms with van der Waals surface area (Å²) in [6.07, 6.45) is 3.73. The molecule has 116 valence electrons. The third-order valence-corrected chi connectivity index (χ3v) is 4.08. The van der Waals surface area contributed by atoms with E-state index in [1.165, 1.54) is 0 Å². The van der Waals surface area contributed by atoms with Gasteiger partial charge >= 0.3 is 0 Å². The number of aromatic hydroxyl groups is 1. The van der Waals surface area contributed by atoms with Gasteiger partial charge in [0.05, 0.1) is 6.42 Å². The van der Waals surface area contributed by atoms with Crippen molar-refractivity contribution in [2.75, 3.05) is 26.2 Å². The number of rotatable bonds is 6. The number of nitrogens with zero attached hydrogens (tertiary/aromatic N) is 1. The van der Waals surface area contributed by atoms with Gasteiger partial charge in [-0.2, -0.15) is 0 Å². The maximum atomic E-state index is 12.5. The molecule has 0 bridgehead atoms. The Balaban J connectivity index is 1.92. The zero-order chi connectivity index (χ0) is 15.1. The molecule has 1 fully saturated rings. The second kappa shape index (κ2) is 8.03. The third kappa shape index (κ3) is 5.05. The van der Waals surface area contributed by atoms with Gasteiger partial charge in [0.2, 0.25) is 5.91 Å². The molecular weight excluding hydrogens is 264 g/mol. The molecule has 1 amide bonds. The lowest BCUT2D eigenvalue weighted by Gasteiger charge is -2.30. The molecule has 1 heterocycles. The summed E-state index contributed by atoms with van der Waals surface area (Å²) in [5, 5.41) is 12.7. The van der Waals surface area contributed by atoms with Crippen LogP contribution >= 0.6 is 0 Å². The Morgan fingerprint density at radius 2 is 1.95 bits per heavy atom. The van der Waals surface area contributed by atoms with Gasteiger partial charge in [-0.25, -0.2) is 0 Å². The van der Waals surface area contributed by atoms with Crippen LogP contribution < -0.4 is 5.32 Å². The van der Waals surface area contributed by atoms with Crippen LogP contribution in [0.5, 0.6) is 5.75 Å². The van der Waals surface area contributed by atoms with Crippen molar-refractivity contribution in [2.45, 2.75) is 32.6 Å². The van der Waals surface area contributed by atoms with Gasteiger partial charge in [0, 0.05) is 13.1 Å². The smallest absolute Gasteiger partial charge is 0.226 e. The monoisotopic (exact) mass is 290 g/mol. The van der Waals surface area contributed by atoms with E-state index in [-0.39, 0.29) is 11.7 Å². The molecule has 0 radical (unpaired) electrons.